The molecule has 4 aromatic carbocycles. The Kier molecular flexibility index (Phi) is 5.61. The second-order valence-corrected chi connectivity index (χ2v) is 9.94. The molecule has 3 N–H and O–H groups in total. The maximum Gasteiger partial charge on any atom is 0.340 e. The SMILES string of the molecule is Cc1nnc(-c2ccc(CNC(=O)c3ccc4c(c3)C(=O)OC43c4ccc(O)cc4Oc4cc(O)ccc43)cc2)nn1. The number of phenols is 2. The van der Waals surface area contributed by atoms with Crippen LogP contribution < -0.4 is 10.1 Å². The Bertz CT molecular complexity index is 1860. The highest BCUT2D eigenvalue weighted by molar-refractivity contribution is 6.01. The van der Waals surface area contributed by atoms with E-state index in [0.717, 1.165) is 11.1 Å². The molecule has 0 atom stereocenters. The first-order chi connectivity index (χ1) is 20.3. The predicted octanol–water partition coefficient (Wildman–Crippen LogP) is 4.15. The van der Waals surface area contributed by atoms with Crippen LogP contribution in [0.2, 0.25) is 0 Å². The number of carbonyl (C=O) groups is 2. The molecule has 5 aromatic rings. The second kappa shape index (κ2) is 9.37. The van der Waals surface area contributed by atoms with Crippen LogP contribution in [0, 0.1) is 6.92 Å². The van der Waals surface area contributed by atoms with Crippen molar-refractivity contribution in [2.45, 2.75) is 19.1 Å². The Balaban J connectivity index is 1.17. The maximum atomic E-state index is 13.3. The number of hydrogen-bond donors (Lipinski definition) is 3. The van der Waals surface area contributed by atoms with Gasteiger partial charge in [-0.05, 0) is 48.9 Å². The third kappa shape index (κ3) is 3.98. The molecule has 206 valence electrons. The summed E-state index contributed by atoms with van der Waals surface area (Å²) in [6.45, 7) is 1.96. The largest absolute Gasteiger partial charge is 0.508 e. The summed E-state index contributed by atoms with van der Waals surface area (Å²) in [5.41, 5.74) is 2.26. The molecule has 2 aliphatic rings. The molecule has 0 bridgehead atoms. The molecule has 7 rings (SSSR count). The fraction of sp³-hybridized carbons (Fsp3) is 0.0968. The first-order valence-corrected chi connectivity index (χ1v) is 13.0. The van der Waals surface area contributed by atoms with E-state index in [9.17, 15) is 19.8 Å². The molecule has 11 nitrogen and oxygen atoms in total. The number of phenolic OH excluding ortho intramolecular Hbond substituents is 2. The zero-order chi connectivity index (χ0) is 29.0. The van der Waals surface area contributed by atoms with Crippen LogP contribution in [-0.4, -0.2) is 42.5 Å². The molecular weight excluding hydrogens is 538 g/mol. The minimum Gasteiger partial charge on any atom is -0.508 e. The van der Waals surface area contributed by atoms with Crippen LogP contribution in [0.4, 0.5) is 0 Å². The molecular formula is C31H21N5O6. The average Bonchev–Trinajstić information content (AvgIpc) is 3.28. The monoisotopic (exact) mass is 559 g/mol. The van der Waals surface area contributed by atoms with E-state index < -0.39 is 11.6 Å². The molecule has 0 aliphatic carbocycles. The standard InChI is InChI=1S/C31H21N5O6/c1-16-33-35-28(36-34-16)18-4-2-17(3-5-18)15-32-29(39)19-6-9-23-22(12-19)30(40)42-31(23)24-10-7-20(37)13-26(24)41-27-14-21(38)8-11-25(27)31/h2-14,37-38H,15H2,1H3,(H,32,39). The van der Waals surface area contributed by atoms with E-state index in [-0.39, 0.29) is 46.6 Å². The minimum absolute atomic E-state index is 0.0313. The summed E-state index contributed by atoms with van der Waals surface area (Å²) in [7, 11) is 0. The van der Waals surface area contributed by atoms with Crippen molar-refractivity contribution >= 4 is 11.9 Å². The van der Waals surface area contributed by atoms with E-state index in [1.807, 2.05) is 24.3 Å². The predicted molar refractivity (Wildman–Crippen MR) is 147 cm³/mol. The number of aryl methyl sites for hydroxylation is 1. The Morgan fingerprint density at radius 1 is 0.810 bits per heavy atom. The number of ether oxygens (including phenoxy) is 2. The molecule has 11 heteroatoms. The molecule has 1 spiro atoms. The molecule has 1 amide bonds. The van der Waals surface area contributed by atoms with Gasteiger partial charge >= 0.3 is 5.97 Å². The second-order valence-electron chi connectivity index (χ2n) is 9.94. The Morgan fingerprint density at radius 3 is 2.07 bits per heavy atom. The third-order valence-corrected chi connectivity index (χ3v) is 7.28. The lowest BCUT2D eigenvalue weighted by Gasteiger charge is -2.36. The summed E-state index contributed by atoms with van der Waals surface area (Å²) in [6, 6.07) is 21.2. The van der Waals surface area contributed by atoms with Gasteiger partial charge in [0, 0.05) is 46.5 Å². The van der Waals surface area contributed by atoms with Gasteiger partial charge in [0.05, 0.1) is 5.56 Å². The van der Waals surface area contributed by atoms with Gasteiger partial charge in [-0.15, -0.1) is 20.4 Å². The number of benzene rings is 4. The molecule has 42 heavy (non-hydrogen) atoms. The van der Waals surface area contributed by atoms with Crippen LogP contribution in [0.5, 0.6) is 23.0 Å². The number of amides is 1. The highest BCUT2D eigenvalue weighted by Crippen LogP contribution is 2.57. The topological polar surface area (TPSA) is 157 Å². The summed E-state index contributed by atoms with van der Waals surface area (Å²) >= 11 is 0. The van der Waals surface area contributed by atoms with Crippen molar-refractivity contribution in [1.29, 1.82) is 0 Å². The van der Waals surface area contributed by atoms with Crippen LogP contribution in [0.25, 0.3) is 11.4 Å². The smallest absolute Gasteiger partial charge is 0.340 e. The molecule has 0 fully saturated rings. The van der Waals surface area contributed by atoms with Gasteiger partial charge < -0.3 is 25.0 Å². The van der Waals surface area contributed by atoms with Crippen molar-refractivity contribution < 1.29 is 29.3 Å². The van der Waals surface area contributed by atoms with Gasteiger partial charge in [-0.2, -0.15) is 0 Å². The molecule has 3 heterocycles. The fourth-order valence-corrected chi connectivity index (χ4v) is 5.30. The Hall–Kier alpha value is -5.84. The number of esters is 1. The van der Waals surface area contributed by atoms with Crippen molar-refractivity contribution in [3.05, 3.63) is 118 Å². The molecule has 0 saturated heterocycles. The number of nitrogens with one attached hydrogen (secondary N) is 1. The lowest BCUT2D eigenvalue weighted by atomic mass is 9.77. The third-order valence-electron chi connectivity index (χ3n) is 7.28. The fourth-order valence-electron chi connectivity index (χ4n) is 5.30. The minimum atomic E-state index is -1.39. The highest BCUT2D eigenvalue weighted by Gasteiger charge is 2.53. The molecule has 2 aliphatic heterocycles. The number of aromatic nitrogens is 4. The zero-order valence-corrected chi connectivity index (χ0v) is 22.0. The van der Waals surface area contributed by atoms with Gasteiger partial charge in [0.2, 0.25) is 5.82 Å². The van der Waals surface area contributed by atoms with E-state index >= 15 is 0 Å². The summed E-state index contributed by atoms with van der Waals surface area (Å²) < 4.78 is 12.0. The molecule has 0 unspecified atom stereocenters. The maximum absolute atomic E-state index is 13.3. The summed E-state index contributed by atoms with van der Waals surface area (Å²) in [4.78, 5) is 26.4. The van der Waals surface area contributed by atoms with E-state index in [0.29, 0.717) is 28.3 Å². The first kappa shape index (κ1) is 25.1. The van der Waals surface area contributed by atoms with Gasteiger partial charge in [0.25, 0.3) is 5.91 Å². The van der Waals surface area contributed by atoms with Crippen molar-refractivity contribution in [2.24, 2.45) is 0 Å². The quantitative estimate of drug-likeness (QED) is 0.273. The van der Waals surface area contributed by atoms with Crippen LogP contribution in [-0.2, 0) is 16.9 Å². The molecule has 1 aromatic heterocycles. The van der Waals surface area contributed by atoms with E-state index in [1.165, 1.54) is 30.3 Å². The number of hydrogen-bond acceptors (Lipinski definition) is 10. The first-order valence-electron chi connectivity index (χ1n) is 13.0. The van der Waals surface area contributed by atoms with E-state index in [2.05, 4.69) is 25.7 Å². The van der Waals surface area contributed by atoms with E-state index in [4.69, 9.17) is 9.47 Å². The van der Waals surface area contributed by atoms with Crippen molar-refractivity contribution in [2.75, 3.05) is 0 Å². The number of fused-ring (bicyclic) bond motifs is 6. The Morgan fingerprint density at radius 2 is 1.43 bits per heavy atom. The lowest BCUT2D eigenvalue weighted by Crippen LogP contribution is -2.33. The highest BCUT2D eigenvalue weighted by atomic mass is 16.6. The Labute approximate surface area is 238 Å². The molecule has 0 saturated carbocycles. The number of aromatic hydroxyl groups is 2. The summed E-state index contributed by atoms with van der Waals surface area (Å²) in [5.74, 6) is 0.405. The van der Waals surface area contributed by atoms with Crippen LogP contribution in [0.15, 0.2) is 78.9 Å². The van der Waals surface area contributed by atoms with Crippen LogP contribution >= 0.6 is 0 Å². The van der Waals surface area contributed by atoms with Gasteiger partial charge in [-0.3, -0.25) is 4.79 Å². The number of carbonyl (C=O) groups excluding carboxylic acids is 2. The van der Waals surface area contributed by atoms with Gasteiger partial charge in [0.15, 0.2) is 11.4 Å². The average molecular weight is 560 g/mol. The summed E-state index contributed by atoms with van der Waals surface area (Å²) in [6.07, 6.45) is 0. The zero-order valence-electron chi connectivity index (χ0n) is 22.0. The summed E-state index contributed by atoms with van der Waals surface area (Å²) in [5, 5.41) is 38.9. The van der Waals surface area contributed by atoms with Crippen LogP contribution in [0.3, 0.4) is 0 Å². The van der Waals surface area contributed by atoms with Gasteiger partial charge in [0.1, 0.15) is 23.0 Å². The van der Waals surface area contributed by atoms with Gasteiger partial charge in [-0.1, -0.05) is 30.3 Å². The van der Waals surface area contributed by atoms with Crippen molar-refractivity contribution in [3.63, 3.8) is 0 Å². The lowest BCUT2D eigenvalue weighted by molar-refractivity contribution is 0.0224. The molecule has 0 radical (unpaired) electrons. The van der Waals surface area contributed by atoms with Crippen LogP contribution in [0.1, 0.15) is 48.8 Å². The number of nitrogens with zero attached hydrogens (tertiary/aromatic N) is 4. The number of rotatable bonds is 4. The normalized spacial score (nSPS) is 13.9. The van der Waals surface area contributed by atoms with Gasteiger partial charge in [-0.25, -0.2) is 4.79 Å². The van der Waals surface area contributed by atoms with E-state index in [1.54, 1.807) is 31.2 Å². The van der Waals surface area contributed by atoms with Crippen molar-refractivity contribution in [1.82, 2.24) is 25.7 Å². The van der Waals surface area contributed by atoms with Crippen molar-refractivity contribution in [3.8, 4) is 34.4 Å².